The molecular formula is C24H31BrCl2O5S. The van der Waals surface area contributed by atoms with Gasteiger partial charge < -0.3 is 14.6 Å². The zero-order valence-corrected chi connectivity index (χ0v) is 22.6. The average Bonchev–Trinajstić information content (AvgIpc) is 3.04. The number of carbonyl (C=O) groups excluding carboxylic acids is 2. The van der Waals surface area contributed by atoms with Crippen LogP contribution in [0.15, 0.2) is 35.2 Å². The molecule has 4 atom stereocenters. The summed E-state index contributed by atoms with van der Waals surface area (Å²) in [5.74, 6) is 1.10. The number of hydrogen-bond acceptors (Lipinski definition) is 6. The van der Waals surface area contributed by atoms with Crippen LogP contribution in [0.3, 0.4) is 0 Å². The van der Waals surface area contributed by atoms with Crippen molar-refractivity contribution in [1.82, 2.24) is 0 Å². The third-order valence-corrected chi connectivity index (χ3v) is 8.63. The monoisotopic (exact) mass is 580 g/mol. The molecule has 2 unspecified atom stereocenters. The number of aliphatic hydroxyl groups is 1. The van der Waals surface area contributed by atoms with Crippen molar-refractivity contribution in [2.75, 3.05) is 19.0 Å². The predicted molar refractivity (Wildman–Crippen MR) is 137 cm³/mol. The molecule has 0 heterocycles. The van der Waals surface area contributed by atoms with E-state index in [4.69, 9.17) is 37.8 Å². The van der Waals surface area contributed by atoms with Gasteiger partial charge in [-0.05, 0) is 61.3 Å². The van der Waals surface area contributed by atoms with Crippen molar-refractivity contribution in [2.24, 2.45) is 11.8 Å². The van der Waals surface area contributed by atoms with E-state index in [2.05, 4.69) is 28.1 Å². The van der Waals surface area contributed by atoms with Crippen LogP contribution < -0.4 is 0 Å². The van der Waals surface area contributed by atoms with E-state index in [0.29, 0.717) is 23.3 Å². The second kappa shape index (κ2) is 15.3. The third kappa shape index (κ3) is 10.6. The van der Waals surface area contributed by atoms with E-state index in [1.807, 2.05) is 18.2 Å². The molecule has 0 amide bonds. The van der Waals surface area contributed by atoms with Crippen molar-refractivity contribution >= 4 is 62.8 Å². The number of aliphatic hydroxyl groups excluding tert-OH is 1. The van der Waals surface area contributed by atoms with Gasteiger partial charge >= 0.3 is 11.9 Å². The zero-order valence-electron chi connectivity index (χ0n) is 18.7. The number of hydrogen-bond donors (Lipinski definition) is 1. The van der Waals surface area contributed by atoms with Crippen LogP contribution in [0.1, 0.15) is 44.6 Å². The Morgan fingerprint density at radius 3 is 2.79 bits per heavy atom. The minimum absolute atomic E-state index is 0.0527. The van der Waals surface area contributed by atoms with Gasteiger partial charge in [0, 0.05) is 39.2 Å². The first-order chi connectivity index (χ1) is 15.8. The summed E-state index contributed by atoms with van der Waals surface area (Å²) in [6.45, 7) is 1.52. The van der Waals surface area contributed by atoms with Gasteiger partial charge in [-0.1, -0.05) is 39.7 Å². The summed E-state index contributed by atoms with van der Waals surface area (Å²) in [6.07, 6.45) is 8.17. The summed E-state index contributed by atoms with van der Waals surface area (Å²) in [4.78, 5) is 23.9. The summed E-state index contributed by atoms with van der Waals surface area (Å²) in [5, 5.41) is 9.33. The van der Waals surface area contributed by atoms with Gasteiger partial charge in [0.05, 0.1) is 6.61 Å². The van der Waals surface area contributed by atoms with Gasteiger partial charge in [-0.3, -0.25) is 9.59 Å². The highest BCUT2D eigenvalue weighted by Crippen LogP contribution is 2.44. The van der Waals surface area contributed by atoms with Crippen LogP contribution in [-0.4, -0.2) is 46.2 Å². The molecule has 0 aromatic heterocycles. The minimum Gasteiger partial charge on any atom is -0.463 e. The Morgan fingerprint density at radius 2 is 2.06 bits per heavy atom. The number of alkyl halides is 2. The van der Waals surface area contributed by atoms with Gasteiger partial charge in [0.1, 0.15) is 13.2 Å². The third-order valence-electron chi connectivity index (χ3n) is 5.42. The SMILES string of the molecule is CC(=O)OCc1cc(Cl)cc(SC[C@H]2C(Cl)C(Br)C[C@@H]2CC=CCCCC(=O)OCCO)c1. The molecule has 33 heavy (non-hydrogen) atoms. The smallest absolute Gasteiger partial charge is 0.305 e. The van der Waals surface area contributed by atoms with Crippen molar-refractivity contribution < 1.29 is 24.2 Å². The molecule has 0 aliphatic heterocycles. The number of esters is 2. The number of thioether (sulfide) groups is 1. The molecule has 9 heteroatoms. The van der Waals surface area contributed by atoms with E-state index in [9.17, 15) is 9.59 Å². The molecule has 0 saturated heterocycles. The Kier molecular flexibility index (Phi) is 13.2. The van der Waals surface area contributed by atoms with Crippen molar-refractivity contribution in [1.29, 1.82) is 0 Å². The normalized spacial score (nSPS) is 22.6. The molecule has 0 spiro atoms. The lowest BCUT2D eigenvalue weighted by Gasteiger charge is -2.21. The summed E-state index contributed by atoms with van der Waals surface area (Å²) < 4.78 is 9.94. The first-order valence-electron chi connectivity index (χ1n) is 11.1. The fraction of sp³-hybridized carbons (Fsp3) is 0.583. The fourth-order valence-electron chi connectivity index (χ4n) is 3.77. The van der Waals surface area contributed by atoms with Crippen LogP contribution in [0.25, 0.3) is 0 Å². The van der Waals surface area contributed by atoms with Crippen molar-refractivity contribution in [3.8, 4) is 0 Å². The van der Waals surface area contributed by atoms with E-state index < -0.39 is 0 Å². The lowest BCUT2D eigenvalue weighted by molar-refractivity contribution is -0.145. The van der Waals surface area contributed by atoms with E-state index in [1.54, 1.807) is 11.8 Å². The minimum atomic E-state index is -0.319. The Labute approximate surface area is 218 Å². The number of ether oxygens (including phenoxy) is 2. The summed E-state index contributed by atoms with van der Waals surface area (Å²) >= 11 is 18.5. The maximum atomic E-state index is 11.4. The Morgan fingerprint density at radius 1 is 1.27 bits per heavy atom. The lowest BCUT2D eigenvalue weighted by atomic mass is 9.94. The van der Waals surface area contributed by atoms with Gasteiger partial charge in [0.15, 0.2) is 0 Å². The maximum Gasteiger partial charge on any atom is 0.305 e. The van der Waals surface area contributed by atoms with Crippen LogP contribution in [0, 0.1) is 11.8 Å². The largest absolute Gasteiger partial charge is 0.463 e. The highest BCUT2D eigenvalue weighted by atomic mass is 79.9. The quantitative estimate of drug-likeness (QED) is 0.0989. The summed E-state index contributed by atoms with van der Waals surface area (Å²) in [7, 11) is 0. The molecular weight excluding hydrogens is 551 g/mol. The Bertz CT molecular complexity index is 807. The zero-order chi connectivity index (χ0) is 24.2. The van der Waals surface area contributed by atoms with E-state index in [-0.39, 0.29) is 42.0 Å². The molecule has 1 aromatic rings. The molecule has 2 rings (SSSR count). The molecule has 1 fully saturated rings. The first-order valence-corrected chi connectivity index (χ1v) is 13.8. The van der Waals surface area contributed by atoms with Crippen LogP contribution in [0.2, 0.25) is 5.02 Å². The van der Waals surface area contributed by atoms with E-state index in [1.165, 1.54) is 6.92 Å². The first kappa shape index (κ1) is 28.5. The van der Waals surface area contributed by atoms with Crippen LogP contribution in [0.4, 0.5) is 0 Å². The molecule has 1 saturated carbocycles. The summed E-state index contributed by atoms with van der Waals surface area (Å²) in [5.41, 5.74) is 0.868. The van der Waals surface area contributed by atoms with E-state index >= 15 is 0 Å². The molecule has 1 N–H and O–H groups in total. The number of rotatable bonds is 13. The van der Waals surface area contributed by atoms with Gasteiger partial charge in [0.2, 0.25) is 0 Å². The number of carbonyl (C=O) groups is 2. The second-order valence-corrected chi connectivity index (χ2v) is 11.3. The lowest BCUT2D eigenvalue weighted by Crippen LogP contribution is -2.20. The molecule has 184 valence electrons. The van der Waals surface area contributed by atoms with Crippen LogP contribution in [-0.2, 0) is 25.7 Å². The summed E-state index contributed by atoms with van der Waals surface area (Å²) in [6, 6.07) is 5.74. The van der Waals surface area contributed by atoms with Gasteiger partial charge in [-0.25, -0.2) is 0 Å². The number of unbranched alkanes of at least 4 members (excludes halogenated alkanes) is 1. The van der Waals surface area contributed by atoms with Crippen molar-refractivity contribution in [2.45, 2.75) is 60.7 Å². The highest BCUT2D eigenvalue weighted by Gasteiger charge is 2.40. The standard InChI is InChI=1S/C24H31BrCl2O5S/c1-16(29)32-14-17-10-19(26)13-20(11-17)33-15-21-18(12-22(25)24(21)27)6-4-2-3-5-7-23(30)31-9-8-28/h2,4,10-11,13,18,21-22,24,28H,3,5-9,12,14-15H2,1H3/t18-,21+,22?,24?/m0/s1. The number of benzene rings is 1. The molecule has 1 aliphatic rings. The van der Waals surface area contributed by atoms with Gasteiger partial charge in [-0.15, -0.1) is 23.4 Å². The maximum absolute atomic E-state index is 11.4. The Hall–Kier alpha value is -0.730. The van der Waals surface area contributed by atoms with Crippen LogP contribution >= 0.6 is 50.9 Å². The topological polar surface area (TPSA) is 72.8 Å². The van der Waals surface area contributed by atoms with Crippen molar-refractivity contribution in [3.63, 3.8) is 0 Å². The molecule has 5 nitrogen and oxygen atoms in total. The molecule has 0 bridgehead atoms. The second-order valence-electron chi connectivity index (χ2n) is 8.05. The van der Waals surface area contributed by atoms with Crippen molar-refractivity contribution in [3.05, 3.63) is 40.9 Å². The average molecular weight is 582 g/mol. The Balaban J connectivity index is 1.84. The fourth-order valence-corrected chi connectivity index (χ4v) is 6.78. The molecule has 1 aromatic carbocycles. The van der Waals surface area contributed by atoms with Gasteiger partial charge in [0.25, 0.3) is 0 Å². The molecule has 0 radical (unpaired) electrons. The predicted octanol–water partition coefficient (Wildman–Crippen LogP) is 6.15. The highest BCUT2D eigenvalue weighted by molar-refractivity contribution is 9.09. The number of allylic oxidation sites excluding steroid dienone is 2. The number of halogens is 3. The van der Waals surface area contributed by atoms with Crippen LogP contribution in [0.5, 0.6) is 0 Å². The van der Waals surface area contributed by atoms with E-state index in [0.717, 1.165) is 41.9 Å². The molecule has 1 aliphatic carbocycles. The van der Waals surface area contributed by atoms with Gasteiger partial charge in [-0.2, -0.15) is 0 Å².